The lowest BCUT2D eigenvalue weighted by Crippen LogP contribution is -2.26. The highest BCUT2D eigenvalue weighted by Gasteiger charge is 2.20. The molecule has 0 spiro atoms. The van der Waals surface area contributed by atoms with Gasteiger partial charge >= 0.3 is 0 Å². The molecule has 2 rings (SSSR count). The number of hydrogen-bond acceptors (Lipinski definition) is 1. The van der Waals surface area contributed by atoms with Crippen LogP contribution in [0, 0.1) is 11.7 Å². The van der Waals surface area contributed by atoms with Gasteiger partial charge in [0.25, 0.3) is 0 Å². The van der Waals surface area contributed by atoms with E-state index in [-0.39, 0.29) is 5.82 Å². The summed E-state index contributed by atoms with van der Waals surface area (Å²) in [7, 11) is 0. The molecule has 1 nitrogen and oxygen atoms in total. The lowest BCUT2D eigenvalue weighted by Gasteiger charge is -2.29. The molecule has 1 aromatic carbocycles. The van der Waals surface area contributed by atoms with Crippen LogP contribution in [0.4, 0.5) is 10.1 Å². The number of halogens is 2. The Balaban J connectivity index is 1.93. The molecule has 1 aliphatic rings. The van der Waals surface area contributed by atoms with Crippen molar-refractivity contribution in [3.05, 3.63) is 28.5 Å². The van der Waals surface area contributed by atoms with Gasteiger partial charge in [0, 0.05) is 16.2 Å². The molecule has 1 aliphatic carbocycles. The van der Waals surface area contributed by atoms with Gasteiger partial charge in [0.2, 0.25) is 0 Å². The molecular formula is C14H19BrFN. The van der Waals surface area contributed by atoms with Gasteiger partial charge in [0.05, 0.1) is 0 Å². The average Bonchev–Trinajstić information content (AvgIpc) is 2.34. The van der Waals surface area contributed by atoms with E-state index in [9.17, 15) is 4.39 Å². The summed E-state index contributed by atoms with van der Waals surface area (Å²) in [6.45, 7) is 2.27. The van der Waals surface area contributed by atoms with Crippen molar-refractivity contribution in [1.29, 1.82) is 0 Å². The van der Waals surface area contributed by atoms with Crippen LogP contribution in [0.15, 0.2) is 22.7 Å². The van der Waals surface area contributed by atoms with Crippen LogP contribution >= 0.6 is 15.9 Å². The molecule has 1 saturated carbocycles. The zero-order valence-corrected chi connectivity index (χ0v) is 11.8. The lowest BCUT2D eigenvalue weighted by atomic mass is 9.84. The second kappa shape index (κ2) is 5.85. The fraction of sp³-hybridized carbons (Fsp3) is 0.571. The van der Waals surface area contributed by atoms with Crippen LogP contribution in [0.25, 0.3) is 0 Å². The van der Waals surface area contributed by atoms with Crippen LogP contribution in [0.3, 0.4) is 0 Å². The third-order valence-electron chi connectivity index (χ3n) is 3.71. The Kier molecular flexibility index (Phi) is 4.43. The molecule has 0 atom stereocenters. The van der Waals surface area contributed by atoms with E-state index in [1.165, 1.54) is 44.2 Å². The summed E-state index contributed by atoms with van der Waals surface area (Å²) < 4.78 is 13.8. The SMILES string of the molecule is CCC1CCC(Nc2ccc(F)cc2Br)CC1. The molecule has 1 aromatic rings. The van der Waals surface area contributed by atoms with Crippen LogP contribution in [0.5, 0.6) is 0 Å². The molecule has 0 amide bonds. The monoisotopic (exact) mass is 299 g/mol. The number of nitrogens with one attached hydrogen (secondary N) is 1. The summed E-state index contributed by atoms with van der Waals surface area (Å²) in [6.07, 6.45) is 6.37. The highest BCUT2D eigenvalue weighted by molar-refractivity contribution is 9.10. The molecule has 0 aromatic heterocycles. The van der Waals surface area contributed by atoms with Crippen molar-refractivity contribution in [1.82, 2.24) is 0 Å². The van der Waals surface area contributed by atoms with Gasteiger partial charge in [-0.05, 0) is 65.7 Å². The maximum absolute atomic E-state index is 13.0. The second-order valence-corrected chi connectivity index (χ2v) is 5.75. The lowest BCUT2D eigenvalue weighted by molar-refractivity contribution is 0.330. The Morgan fingerprint density at radius 1 is 1.29 bits per heavy atom. The Morgan fingerprint density at radius 3 is 2.59 bits per heavy atom. The number of rotatable bonds is 3. The molecule has 1 fully saturated rings. The topological polar surface area (TPSA) is 12.0 Å². The van der Waals surface area contributed by atoms with Gasteiger partial charge in [-0.1, -0.05) is 13.3 Å². The van der Waals surface area contributed by atoms with Crippen molar-refractivity contribution in [2.75, 3.05) is 5.32 Å². The molecule has 0 radical (unpaired) electrons. The van der Waals surface area contributed by atoms with Gasteiger partial charge < -0.3 is 5.32 Å². The van der Waals surface area contributed by atoms with Crippen molar-refractivity contribution in [2.45, 2.75) is 45.1 Å². The van der Waals surface area contributed by atoms with Gasteiger partial charge in [0.15, 0.2) is 0 Å². The predicted molar refractivity (Wildman–Crippen MR) is 73.8 cm³/mol. The van der Waals surface area contributed by atoms with Gasteiger partial charge in [-0.25, -0.2) is 4.39 Å². The molecule has 17 heavy (non-hydrogen) atoms. The molecule has 0 saturated heterocycles. The minimum Gasteiger partial charge on any atom is -0.381 e. The van der Waals surface area contributed by atoms with E-state index >= 15 is 0 Å². The van der Waals surface area contributed by atoms with E-state index in [1.54, 1.807) is 0 Å². The first-order valence-electron chi connectivity index (χ1n) is 6.40. The summed E-state index contributed by atoms with van der Waals surface area (Å²) in [5, 5.41) is 3.51. The Bertz CT molecular complexity index is 372. The van der Waals surface area contributed by atoms with Crippen molar-refractivity contribution < 1.29 is 4.39 Å². The highest BCUT2D eigenvalue weighted by Crippen LogP contribution is 2.30. The molecule has 0 heterocycles. The summed E-state index contributed by atoms with van der Waals surface area (Å²) in [5.41, 5.74) is 1.01. The van der Waals surface area contributed by atoms with Crippen molar-refractivity contribution in [3.63, 3.8) is 0 Å². The summed E-state index contributed by atoms with van der Waals surface area (Å²) >= 11 is 3.40. The van der Waals surface area contributed by atoms with E-state index in [1.807, 2.05) is 6.07 Å². The Labute approximate surface area is 111 Å². The van der Waals surface area contributed by atoms with Gasteiger partial charge in [0.1, 0.15) is 5.82 Å². The quantitative estimate of drug-likeness (QED) is 0.831. The molecule has 94 valence electrons. The van der Waals surface area contributed by atoms with Crippen LogP contribution in [-0.4, -0.2) is 6.04 Å². The molecule has 0 bridgehead atoms. The number of benzene rings is 1. The van der Waals surface area contributed by atoms with Crippen LogP contribution < -0.4 is 5.32 Å². The molecule has 0 unspecified atom stereocenters. The summed E-state index contributed by atoms with van der Waals surface area (Å²) in [6, 6.07) is 5.37. The highest BCUT2D eigenvalue weighted by atomic mass is 79.9. The average molecular weight is 300 g/mol. The smallest absolute Gasteiger partial charge is 0.124 e. The molecule has 0 aliphatic heterocycles. The van der Waals surface area contributed by atoms with Gasteiger partial charge in [-0.3, -0.25) is 0 Å². The first kappa shape index (κ1) is 12.9. The Morgan fingerprint density at radius 2 is 2.00 bits per heavy atom. The first-order valence-corrected chi connectivity index (χ1v) is 7.20. The minimum absolute atomic E-state index is 0.197. The molecule has 1 N–H and O–H groups in total. The Hall–Kier alpha value is -0.570. The van der Waals surface area contributed by atoms with Crippen LogP contribution in [-0.2, 0) is 0 Å². The second-order valence-electron chi connectivity index (χ2n) is 4.89. The molecule has 3 heteroatoms. The van der Waals surface area contributed by atoms with Crippen molar-refractivity contribution in [2.24, 2.45) is 5.92 Å². The van der Waals surface area contributed by atoms with E-state index in [0.29, 0.717) is 6.04 Å². The summed E-state index contributed by atoms with van der Waals surface area (Å²) in [4.78, 5) is 0. The van der Waals surface area contributed by atoms with Crippen molar-refractivity contribution in [3.8, 4) is 0 Å². The first-order chi connectivity index (χ1) is 8.19. The van der Waals surface area contributed by atoms with Crippen LogP contribution in [0.2, 0.25) is 0 Å². The van der Waals surface area contributed by atoms with E-state index < -0.39 is 0 Å². The zero-order valence-electron chi connectivity index (χ0n) is 10.2. The zero-order chi connectivity index (χ0) is 12.3. The fourth-order valence-corrected chi connectivity index (χ4v) is 3.01. The number of anilines is 1. The molecular weight excluding hydrogens is 281 g/mol. The third-order valence-corrected chi connectivity index (χ3v) is 4.37. The fourth-order valence-electron chi connectivity index (χ4n) is 2.54. The summed E-state index contributed by atoms with van der Waals surface area (Å²) in [5.74, 6) is 0.710. The maximum Gasteiger partial charge on any atom is 0.124 e. The van der Waals surface area contributed by atoms with E-state index in [0.717, 1.165) is 16.1 Å². The largest absolute Gasteiger partial charge is 0.381 e. The van der Waals surface area contributed by atoms with Crippen molar-refractivity contribution >= 4 is 21.6 Å². The predicted octanol–water partition coefficient (Wildman–Crippen LogP) is 4.97. The van der Waals surface area contributed by atoms with E-state index in [2.05, 4.69) is 28.2 Å². The minimum atomic E-state index is -0.197. The van der Waals surface area contributed by atoms with E-state index in [4.69, 9.17) is 0 Å². The third kappa shape index (κ3) is 3.44. The normalized spacial score (nSPS) is 24.6. The standard InChI is InChI=1S/C14H19BrFN/c1-2-10-3-6-12(7-4-10)17-14-8-5-11(16)9-13(14)15/h5,8-10,12,17H,2-4,6-7H2,1H3. The van der Waals surface area contributed by atoms with Crippen LogP contribution in [0.1, 0.15) is 39.0 Å². The van der Waals surface area contributed by atoms with Gasteiger partial charge in [-0.2, -0.15) is 0 Å². The van der Waals surface area contributed by atoms with Gasteiger partial charge in [-0.15, -0.1) is 0 Å². The maximum atomic E-state index is 13.0. The number of hydrogen-bond donors (Lipinski definition) is 1.